The van der Waals surface area contributed by atoms with Crippen molar-refractivity contribution in [1.29, 1.82) is 0 Å². The number of carboxylic acid groups (broad SMARTS) is 1. The number of aliphatic carboxylic acids is 1. The number of carbonyl (C=O) groups is 1. The second-order valence-electron chi connectivity index (χ2n) is 5.78. The van der Waals surface area contributed by atoms with Gasteiger partial charge in [-0.25, -0.2) is 0 Å². The SMILES string of the molecule is CCC1CCC(NCC(C)(C)C(=O)O)C1C. The molecule has 0 aromatic rings. The third-order valence-electron chi connectivity index (χ3n) is 4.14. The molecule has 0 amide bonds. The van der Waals surface area contributed by atoms with Crippen molar-refractivity contribution < 1.29 is 9.90 Å². The summed E-state index contributed by atoms with van der Waals surface area (Å²) in [4.78, 5) is 11.0. The van der Waals surface area contributed by atoms with Crippen LogP contribution < -0.4 is 5.32 Å². The Bertz CT molecular complexity index is 250. The van der Waals surface area contributed by atoms with Gasteiger partial charge in [0, 0.05) is 12.6 Å². The van der Waals surface area contributed by atoms with Gasteiger partial charge in [0.15, 0.2) is 0 Å². The molecule has 1 saturated carbocycles. The van der Waals surface area contributed by atoms with Crippen LogP contribution in [0.3, 0.4) is 0 Å². The fourth-order valence-electron chi connectivity index (χ4n) is 2.57. The van der Waals surface area contributed by atoms with Gasteiger partial charge >= 0.3 is 5.97 Å². The first-order chi connectivity index (χ1) is 7.38. The molecule has 16 heavy (non-hydrogen) atoms. The van der Waals surface area contributed by atoms with Crippen LogP contribution in [0, 0.1) is 17.3 Å². The lowest BCUT2D eigenvalue weighted by Gasteiger charge is -2.26. The molecule has 0 aliphatic heterocycles. The normalized spacial score (nSPS) is 30.6. The molecule has 0 aromatic carbocycles. The van der Waals surface area contributed by atoms with Gasteiger partial charge in [-0.2, -0.15) is 0 Å². The summed E-state index contributed by atoms with van der Waals surface area (Å²) in [6.07, 6.45) is 3.71. The Morgan fingerprint density at radius 1 is 1.44 bits per heavy atom. The van der Waals surface area contributed by atoms with Gasteiger partial charge in [-0.1, -0.05) is 20.3 Å². The largest absolute Gasteiger partial charge is 0.481 e. The summed E-state index contributed by atoms with van der Waals surface area (Å²) in [5, 5.41) is 12.5. The van der Waals surface area contributed by atoms with Crippen molar-refractivity contribution in [2.45, 2.75) is 53.0 Å². The molecule has 3 unspecified atom stereocenters. The Balaban J connectivity index is 2.42. The first-order valence-electron chi connectivity index (χ1n) is 6.35. The van der Waals surface area contributed by atoms with Crippen molar-refractivity contribution in [2.75, 3.05) is 6.54 Å². The second-order valence-corrected chi connectivity index (χ2v) is 5.78. The van der Waals surface area contributed by atoms with E-state index in [2.05, 4.69) is 19.2 Å². The Labute approximate surface area is 98.6 Å². The van der Waals surface area contributed by atoms with Crippen LogP contribution in [0.1, 0.15) is 47.0 Å². The minimum atomic E-state index is -0.724. The van der Waals surface area contributed by atoms with Crippen LogP contribution in [-0.2, 0) is 4.79 Å². The van der Waals surface area contributed by atoms with E-state index in [1.54, 1.807) is 13.8 Å². The van der Waals surface area contributed by atoms with Crippen molar-refractivity contribution in [2.24, 2.45) is 17.3 Å². The highest BCUT2D eigenvalue weighted by Crippen LogP contribution is 2.34. The van der Waals surface area contributed by atoms with E-state index < -0.39 is 11.4 Å². The molecule has 0 saturated heterocycles. The van der Waals surface area contributed by atoms with Crippen LogP contribution in [0.5, 0.6) is 0 Å². The van der Waals surface area contributed by atoms with Gasteiger partial charge in [0.1, 0.15) is 0 Å². The fourth-order valence-corrected chi connectivity index (χ4v) is 2.57. The summed E-state index contributed by atoms with van der Waals surface area (Å²) in [6.45, 7) is 8.64. The van der Waals surface area contributed by atoms with E-state index in [4.69, 9.17) is 5.11 Å². The average molecular weight is 227 g/mol. The molecule has 3 heteroatoms. The van der Waals surface area contributed by atoms with Gasteiger partial charge < -0.3 is 10.4 Å². The van der Waals surface area contributed by atoms with E-state index in [1.165, 1.54) is 19.3 Å². The lowest BCUT2D eigenvalue weighted by Crippen LogP contribution is -2.42. The maximum Gasteiger partial charge on any atom is 0.310 e. The molecule has 0 aromatic heterocycles. The zero-order valence-corrected chi connectivity index (χ0v) is 10.9. The van der Waals surface area contributed by atoms with E-state index in [-0.39, 0.29) is 0 Å². The zero-order valence-electron chi connectivity index (χ0n) is 10.9. The monoisotopic (exact) mass is 227 g/mol. The van der Waals surface area contributed by atoms with E-state index in [0.29, 0.717) is 18.5 Å². The number of rotatable bonds is 5. The van der Waals surface area contributed by atoms with Gasteiger partial charge in [-0.05, 0) is 38.5 Å². The number of carboxylic acids is 1. The predicted molar refractivity (Wildman–Crippen MR) is 65.4 cm³/mol. The highest BCUT2D eigenvalue weighted by Gasteiger charge is 2.34. The Morgan fingerprint density at radius 2 is 2.06 bits per heavy atom. The topological polar surface area (TPSA) is 49.3 Å². The van der Waals surface area contributed by atoms with Crippen LogP contribution in [0.4, 0.5) is 0 Å². The van der Waals surface area contributed by atoms with Crippen LogP contribution in [0.2, 0.25) is 0 Å². The number of hydrogen-bond donors (Lipinski definition) is 2. The Kier molecular flexibility index (Phi) is 4.36. The van der Waals surface area contributed by atoms with Gasteiger partial charge in [0.05, 0.1) is 5.41 Å². The van der Waals surface area contributed by atoms with E-state index in [0.717, 1.165) is 5.92 Å². The first kappa shape index (κ1) is 13.5. The van der Waals surface area contributed by atoms with Crippen molar-refractivity contribution in [1.82, 2.24) is 5.32 Å². The summed E-state index contributed by atoms with van der Waals surface area (Å²) in [5.41, 5.74) is -0.663. The van der Waals surface area contributed by atoms with Crippen molar-refractivity contribution in [3.8, 4) is 0 Å². The highest BCUT2D eigenvalue weighted by atomic mass is 16.4. The third kappa shape index (κ3) is 2.97. The van der Waals surface area contributed by atoms with E-state index >= 15 is 0 Å². The van der Waals surface area contributed by atoms with Crippen molar-refractivity contribution in [3.63, 3.8) is 0 Å². The summed E-state index contributed by atoms with van der Waals surface area (Å²) < 4.78 is 0. The molecular formula is C13H25NO2. The fraction of sp³-hybridized carbons (Fsp3) is 0.923. The third-order valence-corrected chi connectivity index (χ3v) is 4.14. The van der Waals surface area contributed by atoms with Gasteiger partial charge in [-0.3, -0.25) is 4.79 Å². The van der Waals surface area contributed by atoms with Crippen molar-refractivity contribution in [3.05, 3.63) is 0 Å². The molecule has 0 spiro atoms. The van der Waals surface area contributed by atoms with E-state index in [1.807, 2.05) is 0 Å². The molecule has 3 atom stereocenters. The van der Waals surface area contributed by atoms with Crippen LogP contribution in [0.15, 0.2) is 0 Å². The van der Waals surface area contributed by atoms with Crippen LogP contribution >= 0.6 is 0 Å². The summed E-state index contributed by atoms with van der Waals surface area (Å²) in [5.74, 6) is 0.762. The Morgan fingerprint density at radius 3 is 2.50 bits per heavy atom. The molecule has 1 rings (SSSR count). The smallest absolute Gasteiger partial charge is 0.310 e. The number of nitrogens with one attached hydrogen (secondary N) is 1. The van der Waals surface area contributed by atoms with Gasteiger partial charge in [0.25, 0.3) is 0 Å². The lowest BCUT2D eigenvalue weighted by atomic mass is 9.91. The van der Waals surface area contributed by atoms with Crippen LogP contribution in [0.25, 0.3) is 0 Å². The van der Waals surface area contributed by atoms with Crippen molar-refractivity contribution >= 4 is 5.97 Å². The molecule has 2 N–H and O–H groups in total. The maximum atomic E-state index is 11.0. The second kappa shape index (κ2) is 5.17. The van der Waals surface area contributed by atoms with E-state index in [9.17, 15) is 4.79 Å². The van der Waals surface area contributed by atoms with Gasteiger partial charge in [0.2, 0.25) is 0 Å². The highest BCUT2D eigenvalue weighted by molar-refractivity contribution is 5.73. The number of hydrogen-bond acceptors (Lipinski definition) is 2. The maximum absolute atomic E-state index is 11.0. The molecule has 94 valence electrons. The van der Waals surface area contributed by atoms with Crippen LogP contribution in [-0.4, -0.2) is 23.7 Å². The Hall–Kier alpha value is -0.570. The molecule has 1 aliphatic rings. The lowest BCUT2D eigenvalue weighted by molar-refractivity contribution is -0.146. The average Bonchev–Trinajstić information content (AvgIpc) is 2.56. The minimum absolute atomic E-state index is 0.503. The molecular weight excluding hydrogens is 202 g/mol. The molecule has 1 fully saturated rings. The molecule has 1 aliphatic carbocycles. The standard InChI is InChI=1S/C13H25NO2/c1-5-10-6-7-11(9(10)2)14-8-13(3,4)12(15)16/h9-11,14H,5-8H2,1-4H3,(H,15,16). The predicted octanol–water partition coefficient (Wildman–Crippen LogP) is 2.51. The summed E-state index contributed by atoms with van der Waals surface area (Å²) >= 11 is 0. The molecule has 0 radical (unpaired) electrons. The molecule has 0 heterocycles. The van der Waals surface area contributed by atoms with Gasteiger partial charge in [-0.15, -0.1) is 0 Å². The molecule has 0 bridgehead atoms. The summed E-state index contributed by atoms with van der Waals surface area (Å²) in [6, 6.07) is 0.503. The summed E-state index contributed by atoms with van der Waals surface area (Å²) in [7, 11) is 0. The minimum Gasteiger partial charge on any atom is -0.481 e. The first-order valence-corrected chi connectivity index (χ1v) is 6.35. The zero-order chi connectivity index (χ0) is 12.3. The quantitative estimate of drug-likeness (QED) is 0.758. The molecule has 3 nitrogen and oxygen atoms in total.